The molecule has 45 heavy (non-hydrogen) atoms. The number of benzene rings is 1. The summed E-state index contributed by atoms with van der Waals surface area (Å²) in [6, 6.07) is 4.41. The first-order valence-corrected chi connectivity index (χ1v) is 15.3. The van der Waals surface area contributed by atoms with E-state index in [1.165, 1.54) is 12.1 Å². The summed E-state index contributed by atoms with van der Waals surface area (Å²) in [6.07, 6.45) is -1.98. The Morgan fingerprint density at radius 3 is 2.40 bits per heavy atom. The van der Waals surface area contributed by atoms with Crippen LogP contribution in [-0.4, -0.2) is 70.2 Å². The van der Waals surface area contributed by atoms with Crippen molar-refractivity contribution in [3.05, 3.63) is 82.9 Å². The number of alkyl halides is 3. The van der Waals surface area contributed by atoms with E-state index in [9.17, 15) is 31.2 Å². The third-order valence-corrected chi connectivity index (χ3v) is 8.43. The number of anilines is 1. The molecule has 0 unspecified atom stereocenters. The van der Waals surface area contributed by atoms with E-state index < -0.39 is 72.9 Å². The number of pyridine rings is 2. The van der Waals surface area contributed by atoms with E-state index in [2.05, 4.69) is 21.5 Å². The van der Waals surface area contributed by atoms with Crippen LogP contribution in [0.3, 0.4) is 0 Å². The molecule has 1 amide bonds. The van der Waals surface area contributed by atoms with E-state index in [-0.39, 0.29) is 35.9 Å². The number of halogens is 5. The van der Waals surface area contributed by atoms with Gasteiger partial charge < -0.3 is 9.80 Å². The van der Waals surface area contributed by atoms with Crippen molar-refractivity contribution in [3.63, 3.8) is 0 Å². The Balaban J connectivity index is 1.87. The Kier molecular flexibility index (Phi) is 7.97. The van der Waals surface area contributed by atoms with Crippen molar-refractivity contribution in [2.24, 2.45) is 0 Å². The number of carbonyl (C=O) groups excluding carboxylic acids is 1. The van der Waals surface area contributed by atoms with Crippen molar-refractivity contribution in [1.29, 1.82) is 0 Å². The fourth-order valence-corrected chi connectivity index (χ4v) is 6.19. The minimum absolute atomic E-state index is 0.0999. The second-order valence-corrected chi connectivity index (χ2v) is 12.5. The lowest BCUT2D eigenvalue weighted by molar-refractivity contribution is -0.137. The Labute approximate surface area is 253 Å². The lowest BCUT2D eigenvalue weighted by Crippen LogP contribution is -2.58. The summed E-state index contributed by atoms with van der Waals surface area (Å²) < 4.78 is 98.7. The number of hydrogen-bond acceptors (Lipinski definition) is 8. The van der Waals surface area contributed by atoms with Crippen LogP contribution in [0, 0.1) is 11.6 Å². The van der Waals surface area contributed by atoms with Crippen LogP contribution in [0.4, 0.5) is 27.8 Å². The van der Waals surface area contributed by atoms with Gasteiger partial charge in [0.1, 0.15) is 17.3 Å². The second-order valence-electron chi connectivity index (χ2n) is 10.5. The van der Waals surface area contributed by atoms with Crippen LogP contribution in [0.15, 0.2) is 65.1 Å². The Morgan fingerprint density at radius 1 is 1.04 bits per heavy atom. The molecule has 1 saturated heterocycles. The minimum atomic E-state index is -5.11. The van der Waals surface area contributed by atoms with Gasteiger partial charge in [-0.1, -0.05) is 12.6 Å². The van der Waals surface area contributed by atoms with Gasteiger partial charge >= 0.3 is 11.9 Å². The molecule has 0 aliphatic carbocycles. The molecule has 1 aromatic carbocycles. The molecule has 3 aromatic heterocycles. The van der Waals surface area contributed by atoms with E-state index in [4.69, 9.17) is 0 Å². The van der Waals surface area contributed by atoms with Crippen LogP contribution in [0.2, 0.25) is 0 Å². The van der Waals surface area contributed by atoms with E-state index in [0.29, 0.717) is 16.7 Å². The summed E-state index contributed by atoms with van der Waals surface area (Å²) in [7, 11) is -4.10. The maximum absolute atomic E-state index is 15.9. The number of piperazine rings is 1. The fourth-order valence-electron chi connectivity index (χ4n) is 5.40. The van der Waals surface area contributed by atoms with Gasteiger partial charge in [-0.15, -0.1) is 0 Å². The van der Waals surface area contributed by atoms with E-state index in [1.54, 1.807) is 23.6 Å². The Bertz CT molecular complexity index is 2030. The van der Waals surface area contributed by atoms with E-state index in [0.717, 1.165) is 30.7 Å². The monoisotopic (exact) mass is 648 g/mol. The molecule has 1 aliphatic rings. The Morgan fingerprint density at radius 2 is 1.76 bits per heavy atom. The van der Waals surface area contributed by atoms with Gasteiger partial charge in [-0.25, -0.2) is 36.5 Å². The molecule has 0 radical (unpaired) electrons. The zero-order valence-electron chi connectivity index (χ0n) is 24.0. The number of rotatable bonds is 5. The summed E-state index contributed by atoms with van der Waals surface area (Å²) >= 11 is 0. The zero-order valence-corrected chi connectivity index (χ0v) is 24.8. The van der Waals surface area contributed by atoms with Crippen LogP contribution in [-0.2, 0) is 20.8 Å². The molecule has 4 heterocycles. The lowest BCUT2D eigenvalue weighted by Gasteiger charge is -2.44. The van der Waals surface area contributed by atoms with Gasteiger partial charge in [0.25, 0.3) is 0 Å². The van der Waals surface area contributed by atoms with Crippen molar-refractivity contribution < 1.29 is 35.2 Å². The molecule has 0 N–H and O–H groups in total. The lowest BCUT2D eigenvalue weighted by atomic mass is 10.0. The molecule has 1 fully saturated rings. The molecule has 4 aromatic rings. The van der Waals surface area contributed by atoms with Crippen molar-refractivity contribution in [1.82, 2.24) is 24.4 Å². The Hall–Kier alpha value is -4.73. The first-order valence-electron chi connectivity index (χ1n) is 13.4. The molecular weight excluding hydrogens is 623 g/mol. The number of amides is 1. The molecule has 0 bridgehead atoms. The molecular formula is C29H25F5N6O4S. The van der Waals surface area contributed by atoms with Gasteiger partial charge in [-0.2, -0.15) is 18.2 Å². The number of hydrogen-bond donors (Lipinski definition) is 0. The molecule has 5 rings (SSSR count). The first-order chi connectivity index (χ1) is 21.0. The molecule has 0 spiro atoms. The second kappa shape index (κ2) is 11.3. The van der Waals surface area contributed by atoms with E-state index >= 15 is 8.78 Å². The van der Waals surface area contributed by atoms with Crippen LogP contribution in [0.5, 0.6) is 0 Å². The van der Waals surface area contributed by atoms with Crippen molar-refractivity contribution in [2.45, 2.75) is 37.1 Å². The van der Waals surface area contributed by atoms with Crippen molar-refractivity contribution >= 4 is 32.6 Å². The first kappa shape index (κ1) is 31.7. The highest BCUT2D eigenvalue weighted by molar-refractivity contribution is 7.90. The minimum Gasteiger partial charge on any atom is -0.349 e. The normalized spacial score (nSPS) is 17.5. The highest BCUT2D eigenvalue weighted by atomic mass is 32.2. The third-order valence-electron chi connectivity index (χ3n) is 7.42. The smallest absolute Gasteiger partial charge is 0.349 e. The summed E-state index contributed by atoms with van der Waals surface area (Å²) in [5, 5.41) is -0.775. The van der Waals surface area contributed by atoms with Gasteiger partial charge in [0.2, 0.25) is 5.91 Å². The van der Waals surface area contributed by atoms with Crippen LogP contribution in [0.1, 0.15) is 19.4 Å². The molecule has 10 nitrogen and oxygen atoms in total. The van der Waals surface area contributed by atoms with Gasteiger partial charge in [0, 0.05) is 37.6 Å². The zero-order chi connectivity index (χ0) is 33.0. The average Bonchev–Trinajstić information content (AvgIpc) is 2.96. The molecule has 16 heteroatoms. The van der Waals surface area contributed by atoms with Gasteiger partial charge in [-0.05, 0) is 50.3 Å². The van der Waals surface area contributed by atoms with Gasteiger partial charge in [-0.3, -0.25) is 4.79 Å². The number of fused-ring (bicyclic) bond motifs is 1. The molecule has 1 aliphatic heterocycles. The molecule has 0 saturated carbocycles. The van der Waals surface area contributed by atoms with Gasteiger partial charge in [0.05, 0.1) is 22.2 Å². The molecule has 236 valence electrons. The summed E-state index contributed by atoms with van der Waals surface area (Å²) in [6.45, 7) is 7.19. The number of carbonyl (C=O) groups is 1. The quantitative estimate of drug-likeness (QED) is 0.234. The van der Waals surface area contributed by atoms with Crippen LogP contribution in [0.25, 0.3) is 28.0 Å². The van der Waals surface area contributed by atoms with Crippen LogP contribution < -0.4 is 10.6 Å². The van der Waals surface area contributed by atoms with Crippen molar-refractivity contribution in [3.8, 4) is 16.9 Å². The molecule has 2 atom stereocenters. The largest absolute Gasteiger partial charge is 0.417 e. The highest BCUT2D eigenvalue weighted by Crippen LogP contribution is 2.40. The summed E-state index contributed by atoms with van der Waals surface area (Å²) in [5.74, 6) is -3.25. The maximum atomic E-state index is 15.9. The summed E-state index contributed by atoms with van der Waals surface area (Å²) in [5.41, 5.74) is -5.75. The highest BCUT2D eigenvalue weighted by Gasteiger charge is 2.38. The number of sulfone groups is 1. The van der Waals surface area contributed by atoms with E-state index in [1.807, 2.05) is 0 Å². The predicted octanol–water partition coefficient (Wildman–Crippen LogP) is 4.15. The topological polar surface area (TPSA) is 118 Å². The van der Waals surface area contributed by atoms with Crippen LogP contribution >= 0.6 is 0 Å². The maximum Gasteiger partial charge on any atom is 0.417 e. The van der Waals surface area contributed by atoms with Crippen molar-refractivity contribution in [2.75, 3.05) is 24.2 Å². The third kappa shape index (κ3) is 5.65. The fraction of sp³-hybridized carbons (Fsp3) is 0.276. The van der Waals surface area contributed by atoms with Gasteiger partial charge in [0.15, 0.2) is 26.3 Å². The number of nitrogens with zero attached hydrogens (tertiary/aromatic N) is 6. The summed E-state index contributed by atoms with van der Waals surface area (Å²) in [4.78, 5) is 41.4. The SMILES string of the molecule is C=CC(=O)N1C[C@H](C)N(c2nc(=O)n(-c3cccnc3S(C)(=O)=O)c3nc(-c4c(F)cccc4C(F)(F)F)c(F)cc23)C[C@@H]1C. The average molecular weight is 649 g/mol. The number of aromatic nitrogens is 4. The predicted molar refractivity (Wildman–Crippen MR) is 155 cm³/mol. The standard InChI is InChI=1S/C29H25F5N6O4S/c1-5-22(41)38-13-16(3)39(14-15(38)2)25-17-12-20(31)24(23-18(29(32,33)34)8-6-9-19(23)30)36-26(17)40(28(42)37-25)21-10-7-11-35-27(21)45(4,43)44/h5-12,15-16H,1,13-14H2,2-4H3/t15-,16-/m0/s1.